The van der Waals surface area contributed by atoms with Crippen LogP contribution >= 0.6 is 11.6 Å². The maximum Gasteiger partial charge on any atom is 0.338 e. The van der Waals surface area contributed by atoms with Gasteiger partial charge in [-0.3, -0.25) is 14.3 Å². The first kappa shape index (κ1) is 20.8. The Morgan fingerprint density at radius 2 is 2.10 bits per heavy atom. The van der Waals surface area contributed by atoms with E-state index in [9.17, 15) is 14.4 Å². The van der Waals surface area contributed by atoms with E-state index in [-0.39, 0.29) is 12.0 Å². The van der Waals surface area contributed by atoms with Gasteiger partial charge < -0.3 is 14.2 Å². The van der Waals surface area contributed by atoms with Gasteiger partial charge in [0.25, 0.3) is 5.56 Å². The molecule has 4 atom stereocenters. The number of aromatic nitrogens is 2. The minimum atomic E-state index is -2.10. The molecule has 0 unspecified atom stereocenters. The zero-order valence-corrected chi connectivity index (χ0v) is 17.0. The van der Waals surface area contributed by atoms with E-state index in [0.29, 0.717) is 5.02 Å². The SMILES string of the molecule is CC1(C)O[C@H]2[C@H](n3ccc(=O)[nH]c3=O)C[C@](F)(COC(=O)c3cccc(Cl)c3)[C@H]2O1. The molecule has 0 radical (unpaired) electrons. The first-order valence-electron chi connectivity index (χ1n) is 9.37. The second-order valence-corrected chi connectivity index (χ2v) is 8.37. The van der Waals surface area contributed by atoms with Crippen molar-refractivity contribution in [3.63, 3.8) is 0 Å². The number of esters is 1. The van der Waals surface area contributed by atoms with E-state index < -0.39 is 53.5 Å². The van der Waals surface area contributed by atoms with Gasteiger partial charge in [-0.2, -0.15) is 0 Å². The maximum atomic E-state index is 16.0. The van der Waals surface area contributed by atoms with Crippen LogP contribution in [0.4, 0.5) is 4.39 Å². The van der Waals surface area contributed by atoms with Crippen molar-refractivity contribution in [2.24, 2.45) is 0 Å². The van der Waals surface area contributed by atoms with E-state index in [0.717, 1.165) is 0 Å². The highest BCUT2D eigenvalue weighted by atomic mass is 35.5. The number of hydrogen-bond acceptors (Lipinski definition) is 6. The molecule has 0 spiro atoms. The summed E-state index contributed by atoms with van der Waals surface area (Å²) in [5.74, 6) is -1.82. The van der Waals surface area contributed by atoms with Crippen LogP contribution in [-0.2, 0) is 14.2 Å². The fourth-order valence-corrected chi connectivity index (χ4v) is 4.21. The Bertz CT molecular complexity index is 1100. The molecule has 2 aromatic rings. The van der Waals surface area contributed by atoms with Crippen molar-refractivity contribution in [3.05, 3.63) is 68.0 Å². The molecule has 1 aromatic heterocycles. The fourth-order valence-electron chi connectivity index (χ4n) is 4.02. The fraction of sp³-hybridized carbons (Fsp3) is 0.450. The summed E-state index contributed by atoms with van der Waals surface area (Å²) in [5, 5.41) is 0.354. The van der Waals surface area contributed by atoms with Gasteiger partial charge in [-0.1, -0.05) is 17.7 Å². The lowest BCUT2D eigenvalue weighted by Gasteiger charge is -2.28. The van der Waals surface area contributed by atoms with Gasteiger partial charge in [-0.15, -0.1) is 0 Å². The third-order valence-electron chi connectivity index (χ3n) is 5.28. The molecule has 1 aliphatic heterocycles. The van der Waals surface area contributed by atoms with E-state index in [4.69, 9.17) is 25.8 Å². The van der Waals surface area contributed by atoms with Gasteiger partial charge in [-0.25, -0.2) is 14.0 Å². The van der Waals surface area contributed by atoms with Crippen LogP contribution in [0.15, 0.2) is 46.1 Å². The van der Waals surface area contributed by atoms with E-state index in [1.165, 1.54) is 29.0 Å². The molecule has 2 fully saturated rings. The van der Waals surface area contributed by atoms with Crippen LogP contribution in [0.1, 0.15) is 36.7 Å². The van der Waals surface area contributed by atoms with Crippen LogP contribution in [0, 0.1) is 0 Å². The number of halogens is 2. The summed E-state index contributed by atoms with van der Waals surface area (Å²) in [5.41, 5.74) is -3.15. The van der Waals surface area contributed by atoms with Gasteiger partial charge in [0.1, 0.15) is 18.8 Å². The molecular formula is C20H20ClFN2O6. The van der Waals surface area contributed by atoms with Crippen LogP contribution < -0.4 is 11.2 Å². The number of carbonyl (C=O) groups excluding carboxylic acids is 1. The minimum absolute atomic E-state index is 0.193. The number of ether oxygens (including phenoxy) is 3. The van der Waals surface area contributed by atoms with Crippen LogP contribution in [0.2, 0.25) is 5.02 Å². The van der Waals surface area contributed by atoms with Gasteiger partial charge in [0.2, 0.25) is 0 Å². The predicted molar refractivity (Wildman–Crippen MR) is 104 cm³/mol. The van der Waals surface area contributed by atoms with Crippen LogP contribution in [0.5, 0.6) is 0 Å². The maximum absolute atomic E-state index is 16.0. The third-order valence-corrected chi connectivity index (χ3v) is 5.51. The number of alkyl halides is 1. The molecule has 1 saturated heterocycles. The number of hydrogen-bond donors (Lipinski definition) is 1. The number of H-pyrrole nitrogens is 1. The summed E-state index contributed by atoms with van der Waals surface area (Å²) in [6.07, 6.45) is -0.781. The lowest BCUT2D eigenvalue weighted by molar-refractivity contribution is -0.175. The van der Waals surface area contributed by atoms with E-state index in [1.807, 2.05) is 0 Å². The van der Waals surface area contributed by atoms with Gasteiger partial charge >= 0.3 is 11.7 Å². The highest BCUT2D eigenvalue weighted by Gasteiger charge is 2.63. The average molecular weight is 439 g/mol. The lowest BCUT2D eigenvalue weighted by atomic mass is 10.0. The Hall–Kier alpha value is -2.49. The van der Waals surface area contributed by atoms with Gasteiger partial charge in [0.15, 0.2) is 11.5 Å². The van der Waals surface area contributed by atoms with Crippen molar-refractivity contribution in [1.82, 2.24) is 9.55 Å². The van der Waals surface area contributed by atoms with Crippen molar-refractivity contribution in [2.45, 2.75) is 50.0 Å². The molecule has 8 nitrogen and oxygen atoms in total. The van der Waals surface area contributed by atoms with Crippen molar-refractivity contribution in [1.29, 1.82) is 0 Å². The summed E-state index contributed by atoms with van der Waals surface area (Å²) < 4.78 is 34.1. The van der Waals surface area contributed by atoms with Gasteiger partial charge in [0, 0.05) is 23.7 Å². The van der Waals surface area contributed by atoms with E-state index >= 15 is 4.39 Å². The summed E-state index contributed by atoms with van der Waals surface area (Å²) in [6.45, 7) is 2.68. The molecule has 4 rings (SSSR count). The summed E-state index contributed by atoms with van der Waals surface area (Å²) in [7, 11) is 0. The smallest absolute Gasteiger partial charge is 0.338 e. The second-order valence-electron chi connectivity index (χ2n) is 7.93. The van der Waals surface area contributed by atoms with Crippen LogP contribution in [0.3, 0.4) is 0 Å². The average Bonchev–Trinajstić information content (AvgIpc) is 3.12. The Morgan fingerprint density at radius 3 is 2.80 bits per heavy atom. The lowest BCUT2D eigenvalue weighted by Crippen LogP contribution is -2.42. The van der Waals surface area contributed by atoms with Crippen LogP contribution in [0.25, 0.3) is 0 Å². The molecule has 2 aliphatic rings. The Morgan fingerprint density at radius 1 is 1.33 bits per heavy atom. The zero-order valence-electron chi connectivity index (χ0n) is 16.3. The molecule has 1 aliphatic carbocycles. The molecule has 30 heavy (non-hydrogen) atoms. The van der Waals surface area contributed by atoms with Crippen molar-refractivity contribution in [3.8, 4) is 0 Å². The van der Waals surface area contributed by atoms with Crippen molar-refractivity contribution in [2.75, 3.05) is 6.61 Å². The highest BCUT2D eigenvalue weighted by molar-refractivity contribution is 6.30. The number of nitrogens with zero attached hydrogens (tertiary/aromatic N) is 1. The number of nitrogens with one attached hydrogen (secondary N) is 1. The number of aromatic amines is 1. The molecule has 0 amide bonds. The Kier molecular flexibility index (Phi) is 5.08. The third kappa shape index (κ3) is 3.80. The highest BCUT2D eigenvalue weighted by Crippen LogP contribution is 2.50. The first-order chi connectivity index (χ1) is 14.1. The van der Waals surface area contributed by atoms with E-state index in [1.54, 1.807) is 26.0 Å². The molecule has 10 heteroatoms. The van der Waals surface area contributed by atoms with Gasteiger partial charge in [0.05, 0.1) is 11.6 Å². The Balaban J connectivity index is 1.60. The molecule has 160 valence electrons. The molecule has 2 heterocycles. The summed E-state index contributed by atoms with van der Waals surface area (Å²) in [6, 6.07) is 6.55. The summed E-state index contributed by atoms with van der Waals surface area (Å²) >= 11 is 5.88. The molecule has 0 bridgehead atoms. The largest absolute Gasteiger partial charge is 0.459 e. The number of carbonyl (C=O) groups is 1. The van der Waals surface area contributed by atoms with E-state index in [2.05, 4.69) is 4.98 Å². The quantitative estimate of drug-likeness (QED) is 0.735. The standard InChI is InChI=1S/C20H20ClFN2O6/c1-19(2)29-15-13(24-7-6-14(25)23-18(24)27)9-20(22,16(15)30-19)10-28-17(26)11-4-3-5-12(21)8-11/h3-8,13,15-16H,9-10H2,1-2H3,(H,23,25,27)/t13-,15+,16+,20+/m1/s1. The molecular weight excluding hydrogens is 419 g/mol. The topological polar surface area (TPSA) is 99.6 Å². The Labute approximate surface area is 175 Å². The molecule has 1 aromatic carbocycles. The molecule has 1 N–H and O–H groups in total. The number of benzene rings is 1. The van der Waals surface area contributed by atoms with Crippen molar-refractivity contribution < 1.29 is 23.4 Å². The molecule has 1 saturated carbocycles. The van der Waals surface area contributed by atoms with Crippen molar-refractivity contribution >= 4 is 17.6 Å². The minimum Gasteiger partial charge on any atom is -0.459 e. The van der Waals surface area contributed by atoms with Crippen LogP contribution in [-0.4, -0.2) is 45.8 Å². The van der Waals surface area contributed by atoms with Gasteiger partial charge in [-0.05, 0) is 32.0 Å². The predicted octanol–water partition coefficient (Wildman–Crippen LogP) is 2.22. The second kappa shape index (κ2) is 7.33. The normalized spacial score (nSPS) is 29.5. The number of fused-ring (bicyclic) bond motifs is 1. The summed E-state index contributed by atoms with van der Waals surface area (Å²) in [4.78, 5) is 38.1. The first-order valence-corrected chi connectivity index (χ1v) is 9.74. The number of rotatable bonds is 4. The zero-order chi connectivity index (χ0) is 21.7. The monoisotopic (exact) mass is 438 g/mol.